The third-order valence-corrected chi connectivity index (χ3v) is 6.14. The van der Waals surface area contributed by atoms with E-state index in [4.69, 9.17) is 5.11 Å². The molecule has 0 unspecified atom stereocenters. The van der Waals surface area contributed by atoms with E-state index in [2.05, 4.69) is 20.7 Å². The van der Waals surface area contributed by atoms with Gasteiger partial charge < -0.3 is 5.11 Å². The maximum Gasteiger partial charge on any atom is 0.271 e. The molecule has 8 heteroatoms. The lowest BCUT2D eigenvalue weighted by atomic mass is 10.3. The molecule has 1 aromatic heterocycles. The molecule has 0 aliphatic carbocycles. The second kappa shape index (κ2) is 5.80. The van der Waals surface area contributed by atoms with Crippen LogP contribution in [-0.2, 0) is 16.6 Å². The summed E-state index contributed by atoms with van der Waals surface area (Å²) < 4.78 is 40.7. The number of aliphatic hydroxyl groups is 1. The Morgan fingerprint density at radius 3 is 2.65 bits per heavy atom. The highest BCUT2D eigenvalue weighted by molar-refractivity contribution is 9.10. The number of aliphatic hydroxyl groups excluding tert-OH is 1. The largest absolute Gasteiger partial charge is 0.391 e. The summed E-state index contributed by atoms with van der Waals surface area (Å²) in [5.41, 5.74) is 0.568. The third kappa shape index (κ3) is 3.20. The number of benzene rings is 1. The van der Waals surface area contributed by atoms with Crippen molar-refractivity contribution in [3.8, 4) is 0 Å². The first kappa shape index (κ1) is 15.4. The van der Waals surface area contributed by atoms with Crippen LogP contribution in [0.1, 0.15) is 10.4 Å². The van der Waals surface area contributed by atoms with Gasteiger partial charge in [0.2, 0.25) is 0 Å². The molecule has 2 aromatic rings. The summed E-state index contributed by atoms with van der Waals surface area (Å²) >= 11 is 4.06. The SMILES string of the molecule is Cc1cc(S(=O)(=O)Nc2ccc(Br)cc2F)sc1CO. The molecule has 2 N–H and O–H groups in total. The molecular formula is C12H11BrFNO3S2. The van der Waals surface area contributed by atoms with Crippen molar-refractivity contribution in [2.24, 2.45) is 0 Å². The van der Waals surface area contributed by atoms with E-state index in [0.717, 1.165) is 11.3 Å². The first-order chi connectivity index (χ1) is 9.33. The van der Waals surface area contributed by atoms with E-state index in [0.29, 0.717) is 14.9 Å². The van der Waals surface area contributed by atoms with Crippen LogP contribution in [0.4, 0.5) is 10.1 Å². The highest BCUT2D eigenvalue weighted by Crippen LogP contribution is 2.28. The van der Waals surface area contributed by atoms with Gasteiger partial charge in [0.05, 0.1) is 12.3 Å². The lowest BCUT2D eigenvalue weighted by Crippen LogP contribution is -2.12. The minimum atomic E-state index is -3.86. The first-order valence-corrected chi connectivity index (χ1v) is 8.61. The lowest BCUT2D eigenvalue weighted by molar-refractivity contribution is 0.285. The zero-order valence-corrected chi connectivity index (χ0v) is 13.6. The topological polar surface area (TPSA) is 66.4 Å². The van der Waals surface area contributed by atoms with Crippen LogP contribution >= 0.6 is 27.3 Å². The quantitative estimate of drug-likeness (QED) is 0.856. The molecule has 0 aliphatic heterocycles. The van der Waals surface area contributed by atoms with Crippen molar-refractivity contribution in [2.45, 2.75) is 17.7 Å². The van der Waals surface area contributed by atoms with Crippen molar-refractivity contribution in [3.05, 3.63) is 45.0 Å². The van der Waals surface area contributed by atoms with Crippen molar-refractivity contribution in [2.75, 3.05) is 4.72 Å². The summed E-state index contributed by atoms with van der Waals surface area (Å²) in [7, 11) is -3.86. The second-order valence-electron chi connectivity index (χ2n) is 4.06. The Balaban J connectivity index is 2.35. The number of hydrogen-bond acceptors (Lipinski definition) is 4. The molecule has 0 saturated carbocycles. The fourth-order valence-corrected chi connectivity index (χ4v) is 4.39. The molecule has 2 rings (SSSR count). The number of thiophene rings is 1. The van der Waals surface area contributed by atoms with Crippen LogP contribution in [0.25, 0.3) is 0 Å². The summed E-state index contributed by atoms with van der Waals surface area (Å²) in [5, 5.41) is 9.09. The van der Waals surface area contributed by atoms with Crippen molar-refractivity contribution in [1.82, 2.24) is 0 Å². The van der Waals surface area contributed by atoms with E-state index in [-0.39, 0.29) is 16.5 Å². The van der Waals surface area contributed by atoms with E-state index in [9.17, 15) is 12.8 Å². The molecule has 0 bridgehead atoms. The number of anilines is 1. The standard InChI is InChI=1S/C12H11BrFNO3S2/c1-7-4-12(19-11(7)6-16)20(17,18)15-10-3-2-8(13)5-9(10)14/h2-5,15-16H,6H2,1H3. The molecule has 0 fully saturated rings. The number of halogens is 2. The molecular weight excluding hydrogens is 369 g/mol. The van der Waals surface area contributed by atoms with Gasteiger partial charge in [0.25, 0.3) is 10.0 Å². The Labute approximate surface area is 128 Å². The summed E-state index contributed by atoms with van der Waals surface area (Å²) in [6.07, 6.45) is 0. The average Bonchev–Trinajstić information content (AvgIpc) is 2.75. The van der Waals surface area contributed by atoms with Crippen LogP contribution in [0.5, 0.6) is 0 Å². The van der Waals surface area contributed by atoms with Gasteiger partial charge in [-0.3, -0.25) is 4.72 Å². The zero-order valence-electron chi connectivity index (χ0n) is 10.4. The van der Waals surface area contributed by atoms with Crippen molar-refractivity contribution >= 4 is 43.0 Å². The minimum absolute atomic E-state index is 0.0429. The van der Waals surface area contributed by atoms with Gasteiger partial charge in [0, 0.05) is 9.35 Å². The predicted octanol–water partition coefficient (Wildman–Crippen LogP) is 3.25. The second-order valence-corrected chi connectivity index (χ2v) is 8.02. The highest BCUT2D eigenvalue weighted by Gasteiger charge is 2.20. The molecule has 0 spiro atoms. The van der Waals surface area contributed by atoms with Gasteiger partial charge in [0.1, 0.15) is 10.0 Å². The number of nitrogens with one attached hydrogen (secondary N) is 1. The molecule has 0 radical (unpaired) electrons. The molecule has 0 aliphatic rings. The molecule has 0 saturated heterocycles. The molecule has 20 heavy (non-hydrogen) atoms. The molecule has 1 heterocycles. The monoisotopic (exact) mass is 379 g/mol. The predicted molar refractivity (Wildman–Crippen MR) is 79.9 cm³/mol. The van der Waals surface area contributed by atoms with E-state index in [1.54, 1.807) is 13.0 Å². The van der Waals surface area contributed by atoms with Crippen LogP contribution in [0, 0.1) is 12.7 Å². The summed E-state index contributed by atoms with van der Waals surface area (Å²) in [6, 6.07) is 5.51. The van der Waals surface area contributed by atoms with Crippen molar-refractivity contribution in [3.63, 3.8) is 0 Å². The number of hydrogen-bond donors (Lipinski definition) is 2. The van der Waals surface area contributed by atoms with Crippen LogP contribution in [-0.4, -0.2) is 13.5 Å². The summed E-state index contributed by atoms with van der Waals surface area (Å²) in [5.74, 6) is -0.668. The average molecular weight is 380 g/mol. The number of rotatable bonds is 4. The smallest absolute Gasteiger partial charge is 0.271 e. The van der Waals surface area contributed by atoms with Crippen LogP contribution < -0.4 is 4.72 Å². The number of sulfonamides is 1. The fraction of sp³-hybridized carbons (Fsp3) is 0.167. The molecule has 4 nitrogen and oxygen atoms in total. The first-order valence-electron chi connectivity index (χ1n) is 5.51. The van der Waals surface area contributed by atoms with E-state index in [1.807, 2.05) is 0 Å². The fourth-order valence-electron chi connectivity index (χ4n) is 1.55. The third-order valence-electron chi connectivity index (χ3n) is 2.58. The molecule has 108 valence electrons. The molecule has 0 amide bonds. The Morgan fingerprint density at radius 1 is 1.40 bits per heavy atom. The number of aryl methyl sites for hydroxylation is 1. The van der Waals surface area contributed by atoms with Gasteiger partial charge in [-0.25, -0.2) is 12.8 Å². The van der Waals surface area contributed by atoms with Gasteiger partial charge >= 0.3 is 0 Å². The van der Waals surface area contributed by atoms with Crippen LogP contribution in [0.15, 0.2) is 32.9 Å². The lowest BCUT2D eigenvalue weighted by Gasteiger charge is -2.07. The van der Waals surface area contributed by atoms with Crippen molar-refractivity contribution in [1.29, 1.82) is 0 Å². The van der Waals surface area contributed by atoms with Gasteiger partial charge in [-0.15, -0.1) is 11.3 Å². The maximum absolute atomic E-state index is 13.7. The molecule has 1 aromatic carbocycles. The Hall–Kier alpha value is -0.960. The van der Waals surface area contributed by atoms with E-state index >= 15 is 0 Å². The van der Waals surface area contributed by atoms with E-state index < -0.39 is 15.8 Å². The van der Waals surface area contributed by atoms with Gasteiger partial charge in [-0.05, 0) is 36.8 Å². The normalized spacial score (nSPS) is 11.6. The van der Waals surface area contributed by atoms with Crippen LogP contribution in [0.2, 0.25) is 0 Å². The Kier molecular flexibility index (Phi) is 4.48. The maximum atomic E-state index is 13.7. The van der Waals surface area contributed by atoms with E-state index in [1.165, 1.54) is 18.2 Å². The van der Waals surface area contributed by atoms with Gasteiger partial charge in [-0.2, -0.15) is 0 Å². The zero-order chi connectivity index (χ0) is 14.9. The Bertz CT molecular complexity index is 743. The molecule has 0 atom stereocenters. The van der Waals surface area contributed by atoms with Gasteiger partial charge in [0.15, 0.2) is 0 Å². The highest BCUT2D eigenvalue weighted by atomic mass is 79.9. The van der Waals surface area contributed by atoms with Crippen LogP contribution in [0.3, 0.4) is 0 Å². The van der Waals surface area contributed by atoms with Gasteiger partial charge in [-0.1, -0.05) is 15.9 Å². The minimum Gasteiger partial charge on any atom is -0.391 e. The summed E-state index contributed by atoms with van der Waals surface area (Å²) in [6.45, 7) is 1.49. The summed E-state index contributed by atoms with van der Waals surface area (Å²) in [4.78, 5) is 0.571. The Morgan fingerprint density at radius 2 is 2.10 bits per heavy atom. The van der Waals surface area contributed by atoms with Crippen molar-refractivity contribution < 1.29 is 17.9 Å².